The van der Waals surface area contributed by atoms with Crippen LogP contribution in [0, 0.1) is 0 Å². The Morgan fingerprint density at radius 2 is 2.19 bits per heavy atom. The van der Waals surface area contributed by atoms with Crippen molar-refractivity contribution in [3.8, 4) is 0 Å². The van der Waals surface area contributed by atoms with Gasteiger partial charge in [-0.3, -0.25) is 4.79 Å². The largest absolute Gasteiger partial charge is 0.382 e. The molecule has 0 aliphatic heterocycles. The molecule has 2 N–H and O–H groups in total. The van der Waals surface area contributed by atoms with Crippen molar-refractivity contribution in [3.05, 3.63) is 25.7 Å². The highest BCUT2D eigenvalue weighted by Crippen LogP contribution is 2.29. The maximum atomic E-state index is 12.5. The first-order valence-electron chi connectivity index (χ1n) is 6.38. The average molecular weight is 389 g/mol. The van der Waals surface area contributed by atoms with Crippen LogP contribution in [0.5, 0.6) is 0 Å². The van der Waals surface area contributed by atoms with E-state index in [-0.39, 0.29) is 5.91 Å². The van der Waals surface area contributed by atoms with Gasteiger partial charge in [0.25, 0.3) is 5.91 Å². The highest BCUT2D eigenvalue weighted by molar-refractivity contribution is 9.10. The minimum absolute atomic E-state index is 0.0923. The average Bonchev–Trinajstić information content (AvgIpc) is 3.03. The molecule has 2 aromatic heterocycles. The fourth-order valence-corrected chi connectivity index (χ4v) is 4.20. The van der Waals surface area contributed by atoms with E-state index in [0.717, 1.165) is 21.0 Å². The number of amides is 1. The number of rotatable bonds is 5. The van der Waals surface area contributed by atoms with Crippen LogP contribution in [-0.4, -0.2) is 36.4 Å². The Hall–Kier alpha value is -1.12. The van der Waals surface area contributed by atoms with Crippen LogP contribution in [0.1, 0.15) is 21.5 Å². The van der Waals surface area contributed by atoms with Gasteiger partial charge in [-0.25, -0.2) is 4.98 Å². The lowest BCUT2D eigenvalue weighted by Crippen LogP contribution is -2.25. The maximum absolute atomic E-state index is 12.5. The van der Waals surface area contributed by atoms with Crippen LogP contribution < -0.4 is 10.6 Å². The molecule has 5 nitrogen and oxygen atoms in total. The van der Waals surface area contributed by atoms with Crippen LogP contribution >= 0.6 is 38.6 Å². The van der Waals surface area contributed by atoms with Crippen molar-refractivity contribution in [2.24, 2.45) is 0 Å². The summed E-state index contributed by atoms with van der Waals surface area (Å²) in [6.07, 6.45) is 0. The molecule has 0 saturated heterocycles. The van der Waals surface area contributed by atoms with E-state index in [4.69, 9.17) is 5.73 Å². The van der Waals surface area contributed by atoms with E-state index in [2.05, 4.69) is 20.9 Å². The number of thiazole rings is 1. The summed E-state index contributed by atoms with van der Waals surface area (Å²) in [5, 5.41) is 2.77. The third-order valence-corrected chi connectivity index (χ3v) is 5.85. The van der Waals surface area contributed by atoms with Gasteiger partial charge in [0.2, 0.25) is 0 Å². The summed E-state index contributed by atoms with van der Waals surface area (Å²) in [5.74, 6) is 0.213. The molecule has 21 heavy (non-hydrogen) atoms. The van der Waals surface area contributed by atoms with Gasteiger partial charge >= 0.3 is 0 Å². The molecular weight excluding hydrogens is 372 g/mol. The Morgan fingerprint density at radius 1 is 1.48 bits per heavy atom. The van der Waals surface area contributed by atoms with Gasteiger partial charge in [0.15, 0.2) is 5.13 Å². The van der Waals surface area contributed by atoms with Crippen LogP contribution in [0.15, 0.2) is 15.9 Å². The summed E-state index contributed by atoms with van der Waals surface area (Å²) in [4.78, 5) is 22.0. The number of nitrogens with zero attached hydrogens (tertiary/aromatic N) is 3. The molecule has 0 aliphatic rings. The number of nitrogen functional groups attached to an aromatic ring is 1. The summed E-state index contributed by atoms with van der Waals surface area (Å²) in [6, 6.07) is 2.01. The first-order valence-corrected chi connectivity index (χ1v) is 8.87. The third kappa shape index (κ3) is 3.75. The SMILES string of the molecule is CCN(C)c1nc(N)c(C(=O)N(C)Cc2cc(Br)cs2)s1. The molecule has 0 unspecified atom stereocenters. The minimum atomic E-state index is -0.0923. The Balaban J connectivity index is 2.13. The fourth-order valence-electron chi connectivity index (χ4n) is 1.69. The van der Waals surface area contributed by atoms with Crippen molar-refractivity contribution >= 4 is 55.5 Å². The second-order valence-corrected chi connectivity index (χ2v) is 7.51. The molecule has 0 saturated carbocycles. The van der Waals surface area contributed by atoms with E-state index in [1.807, 2.05) is 30.3 Å². The van der Waals surface area contributed by atoms with Crippen LogP contribution in [0.4, 0.5) is 10.9 Å². The number of carbonyl (C=O) groups is 1. The van der Waals surface area contributed by atoms with Crippen LogP contribution in [0.25, 0.3) is 0 Å². The lowest BCUT2D eigenvalue weighted by atomic mass is 10.4. The Kier molecular flexibility index (Phi) is 5.23. The van der Waals surface area contributed by atoms with E-state index in [0.29, 0.717) is 17.2 Å². The van der Waals surface area contributed by atoms with Crippen molar-refractivity contribution in [1.82, 2.24) is 9.88 Å². The van der Waals surface area contributed by atoms with Gasteiger partial charge in [-0.15, -0.1) is 11.3 Å². The van der Waals surface area contributed by atoms with Crippen molar-refractivity contribution in [2.75, 3.05) is 31.3 Å². The topological polar surface area (TPSA) is 62.5 Å². The number of aromatic nitrogens is 1. The van der Waals surface area contributed by atoms with Gasteiger partial charge in [-0.1, -0.05) is 11.3 Å². The highest BCUT2D eigenvalue weighted by atomic mass is 79.9. The predicted molar refractivity (Wildman–Crippen MR) is 93.3 cm³/mol. The van der Waals surface area contributed by atoms with Gasteiger partial charge in [0, 0.05) is 35.4 Å². The summed E-state index contributed by atoms with van der Waals surface area (Å²) >= 11 is 6.37. The molecule has 8 heteroatoms. The number of halogens is 1. The standard InChI is InChI=1S/C13H17BrN4OS2/c1-4-17(2)13-16-11(15)10(21-13)12(19)18(3)6-9-5-8(14)7-20-9/h5,7H,4,6,15H2,1-3H3. The zero-order chi connectivity index (χ0) is 15.6. The lowest BCUT2D eigenvalue weighted by molar-refractivity contribution is 0.0792. The number of thiophene rings is 1. The predicted octanol–water partition coefficient (Wildman–Crippen LogP) is 3.28. The normalized spacial score (nSPS) is 10.7. The molecule has 0 bridgehead atoms. The van der Waals surface area contributed by atoms with E-state index in [9.17, 15) is 4.79 Å². The molecule has 2 rings (SSSR count). The molecule has 114 valence electrons. The molecular formula is C13H17BrN4OS2. The van der Waals surface area contributed by atoms with E-state index >= 15 is 0 Å². The summed E-state index contributed by atoms with van der Waals surface area (Å²) < 4.78 is 1.03. The Labute approximate surface area is 140 Å². The molecule has 0 aliphatic carbocycles. The molecule has 0 fully saturated rings. The number of hydrogen-bond acceptors (Lipinski definition) is 6. The van der Waals surface area contributed by atoms with Gasteiger partial charge in [-0.05, 0) is 28.9 Å². The van der Waals surface area contributed by atoms with Crippen LogP contribution in [-0.2, 0) is 6.54 Å². The van der Waals surface area contributed by atoms with E-state index < -0.39 is 0 Å². The van der Waals surface area contributed by atoms with E-state index in [1.165, 1.54) is 11.3 Å². The molecule has 0 spiro atoms. The molecule has 1 amide bonds. The summed E-state index contributed by atoms with van der Waals surface area (Å²) in [6.45, 7) is 3.41. The zero-order valence-electron chi connectivity index (χ0n) is 12.1. The maximum Gasteiger partial charge on any atom is 0.267 e. The number of anilines is 2. The van der Waals surface area contributed by atoms with Gasteiger partial charge in [-0.2, -0.15) is 0 Å². The summed E-state index contributed by atoms with van der Waals surface area (Å²) in [5.41, 5.74) is 5.89. The van der Waals surface area contributed by atoms with Crippen molar-refractivity contribution in [2.45, 2.75) is 13.5 Å². The minimum Gasteiger partial charge on any atom is -0.382 e. The molecule has 2 heterocycles. The highest BCUT2D eigenvalue weighted by Gasteiger charge is 2.21. The zero-order valence-corrected chi connectivity index (χ0v) is 15.3. The van der Waals surface area contributed by atoms with Gasteiger partial charge in [0.1, 0.15) is 10.7 Å². The third-order valence-electron chi connectivity index (χ3n) is 3.00. The van der Waals surface area contributed by atoms with Crippen LogP contribution in [0.3, 0.4) is 0 Å². The molecule has 0 aromatic carbocycles. The fraction of sp³-hybridized carbons (Fsp3) is 0.385. The van der Waals surface area contributed by atoms with Gasteiger partial charge in [0.05, 0.1) is 6.54 Å². The van der Waals surface area contributed by atoms with Crippen molar-refractivity contribution in [3.63, 3.8) is 0 Å². The lowest BCUT2D eigenvalue weighted by Gasteiger charge is -2.15. The van der Waals surface area contributed by atoms with Gasteiger partial charge < -0.3 is 15.5 Å². The number of nitrogens with two attached hydrogens (primary N) is 1. The quantitative estimate of drug-likeness (QED) is 0.853. The Morgan fingerprint density at radius 3 is 2.76 bits per heavy atom. The van der Waals surface area contributed by atoms with Crippen molar-refractivity contribution in [1.29, 1.82) is 0 Å². The van der Waals surface area contributed by atoms with Crippen LogP contribution in [0.2, 0.25) is 0 Å². The van der Waals surface area contributed by atoms with E-state index in [1.54, 1.807) is 23.3 Å². The second-order valence-electron chi connectivity index (χ2n) is 4.62. The smallest absolute Gasteiger partial charge is 0.267 e. The molecule has 2 aromatic rings. The second kappa shape index (κ2) is 6.76. The number of hydrogen-bond donors (Lipinski definition) is 1. The van der Waals surface area contributed by atoms with Crippen molar-refractivity contribution < 1.29 is 4.79 Å². The monoisotopic (exact) mass is 388 g/mol. The Bertz CT molecular complexity index is 640. The first-order chi connectivity index (χ1) is 9.92. The molecule has 0 radical (unpaired) electrons. The molecule has 0 atom stereocenters. The summed E-state index contributed by atoms with van der Waals surface area (Å²) in [7, 11) is 3.71. The first kappa shape index (κ1) is 16.3. The number of carbonyl (C=O) groups excluding carboxylic acids is 1.